The number of primary amides is 1. The summed E-state index contributed by atoms with van der Waals surface area (Å²) in [6, 6.07) is -5.69. The van der Waals surface area contributed by atoms with Gasteiger partial charge in [0.2, 0.25) is 23.6 Å². The first kappa shape index (κ1) is 26.7. The smallest absolute Gasteiger partial charge is 0.326 e. The van der Waals surface area contributed by atoms with Gasteiger partial charge >= 0.3 is 11.9 Å². The molecule has 4 amide bonds. The Morgan fingerprint density at radius 1 is 0.867 bits per heavy atom. The molecule has 0 fully saturated rings. The van der Waals surface area contributed by atoms with Gasteiger partial charge in [0.1, 0.15) is 24.2 Å². The van der Waals surface area contributed by atoms with E-state index < -0.39 is 85.1 Å². The van der Waals surface area contributed by atoms with Crippen LogP contribution in [-0.4, -0.2) is 81.2 Å². The molecule has 14 heteroatoms. The molecule has 0 rings (SSSR count). The summed E-state index contributed by atoms with van der Waals surface area (Å²) in [6.07, 6.45) is -2.85. The van der Waals surface area contributed by atoms with Gasteiger partial charge in [0.15, 0.2) is 0 Å². The first-order valence-corrected chi connectivity index (χ1v) is 8.83. The van der Waals surface area contributed by atoms with Crippen molar-refractivity contribution < 1.29 is 44.1 Å². The molecule has 0 saturated carbocycles. The maximum atomic E-state index is 12.4. The second-order valence-corrected chi connectivity index (χ2v) is 6.56. The van der Waals surface area contributed by atoms with E-state index >= 15 is 0 Å². The predicted octanol–water partition coefficient (Wildman–Crippen LogP) is -4.01. The fourth-order valence-corrected chi connectivity index (χ4v) is 2.10. The summed E-state index contributed by atoms with van der Waals surface area (Å²) in [6.45, 7) is 2.52. The molecule has 0 aliphatic carbocycles. The largest absolute Gasteiger partial charge is 0.481 e. The Labute approximate surface area is 171 Å². The highest BCUT2D eigenvalue weighted by Crippen LogP contribution is 2.02. The Kier molecular flexibility index (Phi) is 11.0. The third-order valence-electron chi connectivity index (χ3n) is 3.87. The number of aliphatic carboxylic acids is 2. The zero-order valence-corrected chi connectivity index (χ0v) is 16.5. The second kappa shape index (κ2) is 12.3. The predicted molar refractivity (Wildman–Crippen MR) is 99.4 cm³/mol. The summed E-state index contributed by atoms with van der Waals surface area (Å²) >= 11 is 0. The molecular weight excluding hydrogens is 406 g/mol. The molecule has 10 N–H and O–H groups in total. The standard InChI is InChI=1S/C16H27N5O9/c1-6(19-15(28)12(18)7(2)22)13(26)20-8(3-4-11(24)25)14(27)21-9(16(29)30)5-10(17)23/h6-9,12,22H,3-5,18H2,1-2H3,(H2,17,23)(H,19,28)(H,20,26)(H,21,27)(H,24,25)(H,29,30). The van der Waals surface area contributed by atoms with Gasteiger partial charge in [-0.15, -0.1) is 0 Å². The highest BCUT2D eigenvalue weighted by atomic mass is 16.4. The van der Waals surface area contributed by atoms with Crippen LogP contribution in [0.2, 0.25) is 0 Å². The summed E-state index contributed by atoms with van der Waals surface area (Å²) in [5.74, 6) is -6.63. The first-order chi connectivity index (χ1) is 13.8. The van der Waals surface area contributed by atoms with Crippen molar-refractivity contribution in [2.24, 2.45) is 11.5 Å². The van der Waals surface area contributed by atoms with Crippen molar-refractivity contribution in [3.05, 3.63) is 0 Å². The van der Waals surface area contributed by atoms with E-state index in [2.05, 4.69) is 10.6 Å². The third-order valence-corrected chi connectivity index (χ3v) is 3.87. The van der Waals surface area contributed by atoms with E-state index in [0.29, 0.717) is 0 Å². The number of carbonyl (C=O) groups is 6. The maximum Gasteiger partial charge on any atom is 0.326 e. The molecular formula is C16H27N5O9. The van der Waals surface area contributed by atoms with Crippen LogP contribution in [0.1, 0.15) is 33.1 Å². The fraction of sp³-hybridized carbons (Fsp3) is 0.625. The van der Waals surface area contributed by atoms with Crippen molar-refractivity contribution in [2.75, 3.05) is 0 Å². The summed E-state index contributed by atoms with van der Waals surface area (Å²) < 4.78 is 0. The molecule has 0 aromatic heterocycles. The van der Waals surface area contributed by atoms with Gasteiger partial charge in [0, 0.05) is 6.42 Å². The van der Waals surface area contributed by atoms with Gasteiger partial charge in [-0.25, -0.2) is 4.79 Å². The van der Waals surface area contributed by atoms with Crippen molar-refractivity contribution in [1.82, 2.24) is 16.0 Å². The lowest BCUT2D eigenvalue weighted by molar-refractivity contribution is -0.144. The zero-order valence-electron chi connectivity index (χ0n) is 16.5. The SMILES string of the molecule is CC(NC(=O)C(N)C(C)O)C(=O)NC(CCC(=O)O)C(=O)NC(CC(N)=O)C(=O)O. The first-order valence-electron chi connectivity index (χ1n) is 8.83. The number of carboxylic acids is 2. The Hall–Kier alpha value is -3.26. The average molecular weight is 433 g/mol. The van der Waals surface area contributed by atoms with Crippen LogP contribution >= 0.6 is 0 Å². The van der Waals surface area contributed by atoms with Crippen LogP contribution in [0.15, 0.2) is 0 Å². The van der Waals surface area contributed by atoms with E-state index in [1.165, 1.54) is 13.8 Å². The highest BCUT2D eigenvalue weighted by molar-refractivity contribution is 5.94. The molecule has 14 nitrogen and oxygen atoms in total. The topological polar surface area (TPSA) is 251 Å². The van der Waals surface area contributed by atoms with Gasteiger partial charge in [-0.2, -0.15) is 0 Å². The fourth-order valence-electron chi connectivity index (χ4n) is 2.10. The number of aliphatic hydroxyl groups is 1. The molecule has 0 radical (unpaired) electrons. The molecule has 0 aromatic carbocycles. The van der Waals surface area contributed by atoms with Gasteiger partial charge < -0.3 is 42.7 Å². The van der Waals surface area contributed by atoms with Crippen molar-refractivity contribution in [3.63, 3.8) is 0 Å². The zero-order chi connectivity index (χ0) is 23.6. The monoisotopic (exact) mass is 433 g/mol. The van der Waals surface area contributed by atoms with E-state index in [1.807, 2.05) is 5.32 Å². The van der Waals surface area contributed by atoms with Crippen LogP contribution < -0.4 is 27.4 Å². The number of carbonyl (C=O) groups excluding carboxylic acids is 4. The van der Waals surface area contributed by atoms with Crippen LogP contribution in [0.4, 0.5) is 0 Å². The van der Waals surface area contributed by atoms with Crippen LogP contribution in [0.3, 0.4) is 0 Å². The van der Waals surface area contributed by atoms with E-state index in [-0.39, 0.29) is 0 Å². The minimum Gasteiger partial charge on any atom is -0.481 e. The van der Waals surface area contributed by atoms with Gasteiger partial charge in [-0.05, 0) is 20.3 Å². The van der Waals surface area contributed by atoms with E-state index in [0.717, 1.165) is 0 Å². The quantitative estimate of drug-likeness (QED) is 0.140. The Bertz CT molecular complexity index is 682. The molecule has 0 heterocycles. The lowest BCUT2D eigenvalue weighted by Crippen LogP contribution is -2.57. The van der Waals surface area contributed by atoms with Crippen molar-refractivity contribution in [1.29, 1.82) is 0 Å². The molecule has 0 aliphatic heterocycles. The number of hydrogen-bond donors (Lipinski definition) is 8. The van der Waals surface area contributed by atoms with Crippen LogP contribution in [0, 0.1) is 0 Å². The molecule has 5 atom stereocenters. The minimum absolute atomic E-state index is 0.399. The van der Waals surface area contributed by atoms with Crippen molar-refractivity contribution in [3.8, 4) is 0 Å². The van der Waals surface area contributed by atoms with Gasteiger partial charge in [0.25, 0.3) is 0 Å². The third kappa shape index (κ3) is 9.79. The summed E-state index contributed by atoms with van der Waals surface area (Å²) in [5, 5.41) is 33.6. The number of hydrogen-bond acceptors (Lipinski definition) is 8. The maximum absolute atomic E-state index is 12.4. The van der Waals surface area contributed by atoms with Crippen LogP contribution in [0.25, 0.3) is 0 Å². The number of nitrogens with two attached hydrogens (primary N) is 2. The molecule has 30 heavy (non-hydrogen) atoms. The Morgan fingerprint density at radius 2 is 1.40 bits per heavy atom. The van der Waals surface area contributed by atoms with Crippen molar-refractivity contribution >= 4 is 35.6 Å². The molecule has 0 spiro atoms. The molecule has 0 saturated heterocycles. The van der Waals surface area contributed by atoms with Gasteiger partial charge in [-0.1, -0.05) is 0 Å². The lowest BCUT2D eigenvalue weighted by Gasteiger charge is -2.23. The molecule has 5 unspecified atom stereocenters. The van der Waals surface area contributed by atoms with Gasteiger partial charge in [0.05, 0.1) is 12.5 Å². The number of aliphatic hydroxyl groups excluding tert-OH is 1. The Morgan fingerprint density at radius 3 is 1.83 bits per heavy atom. The molecule has 0 aliphatic rings. The molecule has 0 bridgehead atoms. The number of carboxylic acid groups (broad SMARTS) is 2. The summed E-state index contributed by atoms with van der Waals surface area (Å²) in [5.41, 5.74) is 10.4. The summed E-state index contributed by atoms with van der Waals surface area (Å²) in [7, 11) is 0. The lowest BCUT2D eigenvalue weighted by atomic mass is 10.1. The number of amides is 4. The molecule has 170 valence electrons. The van der Waals surface area contributed by atoms with Crippen LogP contribution in [0.5, 0.6) is 0 Å². The molecule has 0 aromatic rings. The van der Waals surface area contributed by atoms with Crippen LogP contribution in [-0.2, 0) is 28.8 Å². The normalized spacial score (nSPS) is 15.6. The van der Waals surface area contributed by atoms with Crippen molar-refractivity contribution in [2.45, 2.75) is 63.4 Å². The van der Waals surface area contributed by atoms with E-state index in [4.69, 9.17) is 21.7 Å². The highest BCUT2D eigenvalue weighted by Gasteiger charge is 2.30. The van der Waals surface area contributed by atoms with E-state index in [1.54, 1.807) is 0 Å². The van der Waals surface area contributed by atoms with Gasteiger partial charge in [-0.3, -0.25) is 24.0 Å². The minimum atomic E-state index is -1.68. The average Bonchev–Trinajstić information content (AvgIpc) is 2.62. The van der Waals surface area contributed by atoms with E-state index in [9.17, 15) is 33.9 Å². The Balaban J connectivity index is 5.22. The summed E-state index contributed by atoms with van der Waals surface area (Å²) in [4.78, 5) is 69.4. The number of rotatable bonds is 13. The second-order valence-electron chi connectivity index (χ2n) is 6.56. The number of nitrogens with one attached hydrogen (secondary N) is 3.